The topological polar surface area (TPSA) is 195 Å². The van der Waals surface area contributed by atoms with Gasteiger partial charge in [-0.1, -0.05) is 0 Å². The molecule has 10 nitrogen and oxygen atoms in total. The zero-order valence-corrected chi connectivity index (χ0v) is 20.7. The summed E-state index contributed by atoms with van der Waals surface area (Å²) in [4.78, 5) is 20.3. The van der Waals surface area contributed by atoms with Crippen LogP contribution >= 0.6 is 0 Å². The molecule has 0 aliphatic rings. The van der Waals surface area contributed by atoms with Crippen molar-refractivity contribution in [3.8, 4) is 0 Å². The van der Waals surface area contributed by atoms with Crippen LogP contribution in [0.4, 0.5) is 0 Å². The Morgan fingerprint density at radius 2 is 1.05 bits per heavy atom. The summed E-state index contributed by atoms with van der Waals surface area (Å²) in [6.07, 6.45) is -2.34. The minimum absolute atomic E-state index is 0. The summed E-state index contributed by atoms with van der Waals surface area (Å²) in [5.74, 6) is -5.66. The molecule has 0 saturated heterocycles. The first-order valence-corrected chi connectivity index (χ1v) is 6.00. The molecule has 0 fully saturated rings. The second-order valence-electron chi connectivity index (χ2n) is 2.50. The average molecular weight is 366 g/mol. The molecular weight excluding hydrogens is 364 g/mol. The predicted molar refractivity (Wildman–Crippen MR) is 36.8 cm³/mol. The second kappa shape index (κ2) is 12.2. The molecule has 20 heavy (non-hydrogen) atoms. The van der Waals surface area contributed by atoms with Crippen molar-refractivity contribution in [3.05, 3.63) is 0 Å². The molecule has 0 rings (SSSR count). The van der Waals surface area contributed by atoms with E-state index in [0.29, 0.717) is 0 Å². The van der Waals surface area contributed by atoms with Gasteiger partial charge in [0.15, 0.2) is 4.08 Å². The smallest absolute Gasteiger partial charge is 0.746 e. The summed E-state index contributed by atoms with van der Waals surface area (Å²) < 4.78 is 58.0. The van der Waals surface area contributed by atoms with E-state index in [4.69, 9.17) is 0 Å². The predicted octanol–water partition coefficient (Wildman–Crippen LogP) is -17.3. The fourth-order valence-corrected chi connectivity index (χ4v) is 2.77. The maximum atomic E-state index is 10.4. The van der Waals surface area contributed by atoms with E-state index in [1.165, 1.54) is 0 Å². The van der Waals surface area contributed by atoms with Crippen LogP contribution in [0.1, 0.15) is 6.42 Å². The molecule has 0 N–H and O–H groups in total. The molecule has 94 valence electrons. The van der Waals surface area contributed by atoms with Gasteiger partial charge in [-0.2, -0.15) is 0 Å². The fraction of sp³-hybridized carbons (Fsp3) is 0.500. The van der Waals surface area contributed by atoms with Crippen LogP contribution in [0, 0.1) is 0 Å². The van der Waals surface area contributed by atoms with Crippen molar-refractivity contribution in [2.24, 2.45) is 0 Å². The van der Waals surface area contributed by atoms with Gasteiger partial charge >= 0.3 is 118 Å². The summed E-state index contributed by atoms with van der Waals surface area (Å²) in [6, 6.07) is 0. The molecule has 0 aromatic carbocycles. The van der Waals surface area contributed by atoms with Crippen molar-refractivity contribution in [2.45, 2.75) is 10.5 Å². The van der Waals surface area contributed by atoms with Gasteiger partial charge in [0.2, 0.25) is 0 Å². The number of aliphatic carboxylic acids is 2. The van der Waals surface area contributed by atoms with Gasteiger partial charge < -0.3 is 28.9 Å². The van der Waals surface area contributed by atoms with Gasteiger partial charge in [-0.25, -0.2) is 16.8 Å². The van der Waals surface area contributed by atoms with E-state index in [-0.39, 0.29) is 118 Å². The second-order valence-corrected chi connectivity index (χ2v) is 5.97. The molecule has 0 bridgehead atoms. The molecule has 0 aromatic heterocycles. The largest absolute Gasteiger partial charge is 1.00 e. The van der Waals surface area contributed by atoms with Crippen LogP contribution in [0.15, 0.2) is 0 Å². The number of carboxylic acid groups (broad SMARTS) is 2. The Labute approximate surface area is 203 Å². The SMILES string of the molecule is O=C([O-])CC(C(=O)[O-])(S(=O)(=O)[O-])S(=O)(=O)[O-].[Na+].[Na+].[Na+].[Na+]. The third kappa shape index (κ3) is 8.04. The van der Waals surface area contributed by atoms with E-state index in [2.05, 4.69) is 0 Å². The van der Waals surface area contributed by atoms with Crippen LogP contribution in [0.25, 0.3) is 0 Å². The van der Waals surface area contributed by atoms with Gasteiger partial charge in [-0.3, -0.25) is 0 Å². The normalized spacial score (nSPS) is 10.7. The first-order valence-electron chi connectivity index (χ1n) is 3.18. The quantitative estimate of drug-likeness (QED) is 0.333. The maximum Gasteiger partial charge on any atom is 1.00 e. The number of hydrogen-bond acceptors (Lipinski definition) is 10. The van der Waals surface area contributed by atoms with E-state index < -0.39 is 42.7 Å². The third-order valence-electron chi connectivity index (χ3n) is 1.50. The fourth-order valence-electron chi connectivity index (χ4n) is 0.768. The molecule has 0 heterocycles. The minimum Gasteiger partial charge on any atom is -0.746 e. The van der Waals surface area contributed by atoms with Gasteiger partial charge in [0, 0.05) is 12.4 Å². The van der Waals surface area contributed by atoms with Crippen LogP contribution in [0.5, 0.6) is 0 Å². The number of carboxylic acids is 2. The minimum atomic E-state index is -6.31. The van der Waals surface area contributed by atoms with E-state index in [1.807, 2.05) is 0 Å². The summed E-state index contributed by atoms with van der Waals surface area (Å²) in [6.45, 7) is 0. The van der Waals surface area contributed by atoms with E-state index in [0.717, 1.165) is 0 Å². The Morgan fingerprint density at radius 1 is 0.800 bits per heavy atom. The first-order chi connectivity index (χ1) is 6.86. The molecule has 0 radical (unpaired) electrons. The van der Waals surface area contributed by atoms with Gasteiger partial charge in [-0.15, -0.1) is 0 Å². The molecule has 0 aliphatic carbocycles. The Kier molecular flexibility index (Phi) is 20.8. The number of carbonyl (C=O) groups is 2. The zero-order chi connectivity index (χ0) is 13.4. The molecule has 0 amide bonds. The molecule has 0 saturated carbocycles. The van der Waals surface area contributed by atoms with Crippen molar-refractivity contribution >= 4 is 32.2 Å². The summed E-state index contributed by atoms with van der Waals surface area (Å²) >= 11 is 0. The first kappa shape index (κ1) is 34.2. The Balaban J connectivity index is -0.000000187. The van der Waals surface area contributed by atoms with Crippen molar-refractivity contribution in [1.82, 2.24) is 0 Å². The number of rotatable bonds is 5. The average Bonchev–Trinajstić information content (AvgIpc) is 1.93. The van der Waals surface area contributed by atoms with Gasteiger partial charge in [0.1, 0.15) is 20.2 Å². The molecule has 0 atom stereocenters. The van der Waals surface area contributed by atoms with Crippen LogP contribution in [0.2, 0.25) is 0 Å². The third-order valence-corrected chi connectivity index (χ3v) is 4.96. The van der Waals surface area contributed by atoms with E-state index in [1.54, 1.807) is 0 Å². The Hall–Kier alpha value is 2.76. The van der Waals surface area contributed by atoms with Crippen molar-refractivity contribution in [3.63, 3.8) is 0 Å². The zero-order valence-electron chi connectivity index (χ0n) is 11.1. The molecule has 0 spiro atoms. The summed E-state index contributed by atoms with van der Waals surface area (Å²) in [7, 11) is -12.6. The van der Waals surface area contributed by atoms with Crippen LogP contribution in [-0.2, 0) is 29.8 Å². The monoisotopic (exact) mass is 366 g/mol. The Bertz CT molecular complexity index is 491. The number of hydrogen-bond donors (Lipinski definition) is 0. The molecule has 0 unspecified atom stereocenters. The van der Waals surface area contributed by atoms with Crippen LogP contribution in [-0.4, -0.2) is 42.0 Å². The number of carbonyl (C=O) groups excluding carboxylic acids is 2. The standard InChI is InChI=1S/C4H6O10S2.4Na/c5-2(6)1-4(3(7)8,15(9,10)11)16(12,13)14;;;;/h1H2,(H,5,6)(H,7,8)(H,9,10,11)(H,12,13,14);;;;/q;4*+1/p-4. The summed E-state index contributed by atoms with van der Waals surface area (Å²) in [5.41, 5.74) is 0. The van der Waals surface area contributed by atoms with E-state index in [9.17, 15) is 45.7 Å². The van der Waals surface area contributed by atoms with Gasteiger partial charge in [0.05, 0.1) is 5.97 Å². The summed E-state index contributed by atoms with van der Waals surface area (Å²) in [5, 5.41) is 20.3. The van der Waals surface area contributed by atoms with E-state index >= 15 is 0 Å². The molecular formula is C4H2Na4O10S2. The Morgan fingerprint density at radius 3 is 1.10 bits per heavy atom. The maximum absolute atomic E-state index is 10.4. The van der Waals surface area contributed by atoms with Crippen LogP contribution in [0.3, 0.4) is 0 Å². The molecule has 0 aliphatic heterocycles. The molecule has 0 aromatic rings. The van der Waals surface area contributed by atoms with Crippen LogP contribution < -0.4 is 128 Å². The van der Waals surface area contributed by atoms with Gasteiger partial charge in [0.25, 0.3) is 0 Å². The van der Waals surface area contributed by atoms with Crippen molar-refractivity contribution in [1.29, 1.82) is 0 Å². The molecule has 16 heteroatoms. The van der Waals surface area contributed by atoms with Crippen molar-refractivity contribution in [2.75, 3.05) is 0 Å². The van der Waals surface area contributed by atoms with Gasteiger partial charge in [-0.05, 0) is 0 Å². The van der Waals surface area contributed by atoms with Crippen molar-refractivity contribution < 1.29 is 164 Å².